The van der Waals surface area contributed by atoms with Gasteiger partial charge in [0.15, 0.2) is 11.5 Å². The van der Waals surface area contributed by atoms with E-state index < -0.39 is 0 Å². The van der Waals surface area contributed by atoms with E-state index in [-0.39, 0.29) is 18.4 Å². The van der Waals surface area contributed by atoms with Gasteiger partial charge >= 0.3 is 6.03 Å². The summed E-state index contributed by atoms with van der Waals surface area (Å²) in [5.74, 6) is 0.512. The molecule has 1 heterocycles. The highest BCUT2D eigenvalue weighted by molar-refractivity contribution is 5.96. The van der Waals surface area contributed by atoms with Crippen LogP contribution < -0.4 is 10.6 Å². The Bertz CT molecular complexity index is 579. The number of carbonyl (C=O) groups is 2. The van der Waals surface area contributed by atoms with Crippen molar-refractivity contribution in [3.05, 3.63) is 47.9 Å². The smallest absolute Gasteiger partial charge is 0.319 e. The zero-order chi connectivity index (χ0) is 13.7. The summed E-state index contributed by atoms with van der Waals surface area (Å²) in [4.78, 5) is 22.8. The molecular formula is C13H13N3O3. The number of hydrogen-bond donors (Lipinski definition) is 2. The normalized spacial score (nSPS) is 9.95. The van der Waals surface area contributed by atoms with Gasteiger partial charge in [0.25, 0.3) is 0 Å². The lowest BCUT2D eigenvalue weighted by Gasteiger charge is -2.07. The maximum Gasteiger partial charge on any atom is 0.319 e. The molecule has 19 heavy (non-hydrogen) atoms. The summed E-state index contributed by atoms with van der Waals surface area (Å²) in [5, 5.41) is 8.78. The van der Waals surface area contributed by atoms with Crippen molar-refractivity contribution in [3.8, 4) is 0 Å². The Labute approximate surface area is 109 Å². The molecule has 2 rings (SSSR count). The number of rotatable bonds is 4. The SMILES string of the molecule is CC(=O)c1cccc(NC(=O)NCc2ccno2)c1. The van der Waals surface area contributed by atoms with Crippen LogP contribution in [-0.4, -0.2) is 17.0 Å². The maximum atomic E-state index is 11.6. The summed E-state index contributed by atoms with van der Waals surface area (Å²) >= 11 is 0. The van der Waals surface area contributed by atoms with E-state index in [4.69, 9.17) is 4.52 Å². The zero-order valence-electron chi connectivity index (χ0n) is 10.3. The van der Waals surface area contributed by atoms with E-state index >= 15 is 0 Å². The third-order valence-corrected chi connectivity index (χ3v) is 2.44. The van der Waals surface area contributed by atoms with E-state index in [0.717, 1.165) is 0 Å². The van der Waals surface area contributed by atoms with Crippen molar-refractivity contribution < 1.29 is 14.1 Å². The van der Waals surface area contributed by atoms with Crippen molar-refractivity contribution >= 4 is 17.5 Å². The number of carbonyl (C=O) groups excluding carboxylic acids is 2. The second-order valence-corrected chi connectivity index (χ2v) is 3.92. The van der Waals surface area contributed by atoms with Crippen molar-refractivity contribution in [2.24, 2.45) is 0 Å². The fourth-order valence-electron chi connectivity index (χ4n) is 1.49. The first kappa shape index (κ1) is 12.8. The van der Waals surface area contributed by atoms with Crippen LogP contribution >= 0.6 is 0 Å². The van der Waals surface area contributed by atoms with Crippen LogP contribution in [0.15, 0.2) is 41.1 Å². The standard InChI is InChI=1S/C13H13N3O3/c1-9(17)10-3-2-4-11(7-10)16-13(18)14-8-12-5-6-15-19-12/h2-7H,8H2,1H3,(H2,14,16,18). The topological polar surface area (TPSA) is 84.2 Å². The third-order valence-electron chi connectivity index (χ3n) is 2.44. The van der Waals surface area contributed by atoms with Crippen LogP contribution in [0.3, 0.4) is 0 Å². The summed E-state index contributed by atoms with van der Waals surface area (Å²) < 4.78 is 4.85. The highest BCUT2D eigenvalue weighted by Crippen LogP contribution is 2.11. The van der Waals surface area contributed by atoms with Gasteiger partial charge in [0.2, 0.25) is 0 Å². The van der Waals surface area contributed by atoms with E-state index in [1.165, 1.54) is 13.1 Å². The Morgan fingerprint density at radius 3 is 2.84 bits per heavy atom. The molecule has 0 saturated carbocycles. The molecule has 0 aliphatic rings. The largest absolute Gasteiger partial charge is 0.360 e. The lowest BCUT2D eigenvalue weighted by molar-refractivity contribution is 0.101. The van der Waals surface area contributed by atoms with Gasteiger partial charge in [0.1, 0.15) is 0 Å². The molecule has 2 amide bonds. The van der Waals surface area contributed by atoms with E-state index in [1.807, 2.05) is 0 Å². The quantitative estimate of drug-likeness (QED) is 0.824. The number of benzene rings is 1. The second-order valence-electron chi connectivity index (χ2n) is 3.92. The van der Waals surface area contributed by atoms with E-state index in [2.05, 4.69) is 15.8 Å². The van der Waals surface area contributed by atoms with Gasteiger partial charge in [-0.15, -0.1) is 0 Å². The lowest BCUT2D eigenvalue weighted by atomic mass is 10.1. The maximum absolute atomic E-state index is 11.6. The molecule has 0 atom stereocenters. The molecule has 0 unspecified atom stereocenters. The summed E-state index contributed by atoms with van der Waals surface area (Å²) in [6.07, 6.45) is 1.51. The van der Waals surface area contributed by atoms with Crippen LogP contribution in [0.5, 0.6) is 0 Å². The Kier molecular flexibility index (Phi) is 3.92. The van der Waals surface area contributed by atoms with Crippen molar-refractivity contribution in [1.82, 2.24) is 10.5 Å². The molecule has 0 saturated heterocycles. The van der Waals surface area contributed by atoms with Gasteiger partial charge in [-0.2, -0.15) is 0 Å². The molecule has 0 radical (unpaired) electrons. The minimum atomic E-state index is -0.378. The van der Waals surface area contributed by atoms with Crippen molar-refractivity contribution in [2.75, 3.05) is 5.32 Å². The van der Waals surface area contributed by atoms with Crippen LogP contribution in [0.25, 0.3) is 0 Å². The van der Waals surface area contributed by atoms with Crippen molar-refractivity contribution in [2.45, 2.75) is 13.5 Å². The first-order valence-corrected chi connectivity index (χ1v) is 5.70. The summed E-state index contributed by atoms with van der Waals surface area (Å²) in [6, 6.07) is 8.02. The molecule has 1 aromatic heterocycles. The van der Waals surface area contributed by atoms with Crippen molar-refractivity contribution in [3.63, 3.8) is 0 Å². The molecule has 6 nitrogen and oxygen atoms in total. The van der Waals surface area contributed by atoms with Crippen LogP contribution in [0, 0.1) is 0 Å². The highest BCUT2D eigenvalue weighted by atomic mass is 16.5. The first-order chi connectivity index (χ1) is 9.15. The molecule has 98 valence electrons. The predicted molar refractivity (Wildman–Crippen MR) is 68.8 cm³/mol. The summed E-state index contributed by atoms with van der Waals surface area (Å²) in [7, 11) is 0. The molecule has 0 aliphatic carbocycles. The number of ketones is 1. The second kappa shape index (κ2) is 5.81. The number of aromatic nitrogens is 1. The van der Waals surface area contributed by atoms with E-state index in [0.29, 0.717) is 17.0 Å². The number of nitrogens with one attached hydrogen (secondary N) is 2. The monoisotopic (exact) mass is 259 g/mol. The van der Waals surface area contributed by atoms with Crippen molar-refractivity contribution in [1.29, 1.82) is 0 Å². The number of hydrogen-bond acceptors (Lipinski definition) is 4. The minimum absolute atomic E-state index is 0.0503. The zero-order valence-corrected chi connectivity index (χ0v) is 10.3. The van der Waals surface area contributed by atoms with Gasteiger partial charge in [-0.05, 0) is 19.1 Å². The molecule has 6 heteroatoms. The van der Waals surface area contributed by atoms with Crippen LogP contribution in [0.1, 0.15) is 23.0 Å². The Morgan fingerprint density at radius 2 is 2.16 bits per heavy atom. The highest BCUT2D eigenvalue weighted by Gasteiger charge is 2.05. The molecular weight excluding hydrogens is 246 g/mol. The van der Waals surface area contributed by atoms with Gasteiger partial charge in [0.05, 0.1) is 12.7 Å². The molecule has 0 bridgehead atoms. The third kappa shape index (κ3) is 3.67. The summed E-state index contributed by atoms with van der Waals surface area (Å²) in [6.45, 7) is 1.72. The number of urea groups is 1. The van der Waals surface area contributed by atoms with Gasteiger partial charge in [-0.1, -0.05) is 17.3 Å². The molecule has 0 aliphatic heterocycles. The van der Waals surface area contributed by atoms with Gasteiger partial charge in [-0.3, -0.25) is 4.79 Å². The fraction of sp³-hybridized carbons (Fsp3) is 0.154. The Balaban J connectivity index is 1.91. The van der Waals surface area contributed by atoms with E-state index in [1.54, 1.807) is 30.3 Å². The number of amides is 2. The Hall–Kier alpha value is -2.63. The minimum Gasteiger partial charge on any atom is -0.360 e. The molecule has 1 aromatic carbocycles. The molecule has 0 fully saturated rings. The predicted octanol–water partition coefficient (Wildman–Crippen LogP) is 2.20. The van der Waals surface area contributed by atoms with Gasteiger partial charge < -0.3 is 15.2 Å². The average molecular weight is 259 g/mol. The van der Waals surface area contributed by atoms with Gasteiger partial charge in [0, 0.05) is 17.3 Å². The number of Topliss-reactive ketones (excluding diaryl/α,β-unsaturated/α-hetero) is 1. The Morgan fingerprint density at radius 1 is 1.32 bits per heavy atom. The lowest BCUT2D eigenvalue weighted by Crippen LogP contribution is -2.28. The number of anilines is 1. The average Bonchev–Trinajstić information content (AvgIpc) is 2.90. The molecule has 2 aromatic rings. The number of nitrogens with zero attached hydrogens (tertiary/aromatic N) is 1. The van der Waals surface area contributed by atoms with Crippen LogP contribution in [0.4, 0.5) is 10.5 Å². The van der Waals surface area contributed by atoms with Crippen LogP contribution in [0.2, 0.25) is 0 Å². The fourth-order valence-corrected chi connectivity index (χ4v) is 1.49. The summed E-state index contributed by atoms with van der Waals surface area (Å²) in [5.41, 5.74) is 1.11. The molecule has 0 spiro atoms. The molecule has 2 N–H and O–H groups in total. The first-order valence-electron chi connectivity index (χ1n) is 5.70. The van der Waals surface area contributed by atoms with Gasteiger partial charge in [-0.25, -0.2) is 4.79 Å². The van der Waals surface area contributed by atoms with E-state index in [9.17, 15) is 9.59 Å². The van der Waals surface area contributed by atoms with Crippen LogP contribution in [-0.2, 0) is 6.54 Å².